The summed E-state index contributed by atoms with van der Waals surface area (Å²) in [6.07, 6.45) is 1.47. The van der Waals surface area contributed by atoms with Gasteiger partial charge in [0.2, 0.25) is 5.91 Å². The monoisotopic (exact) mass is 531 g/mol. The van der Waals surface area contributed by atoms with Gasteiger partial charge in [0.1, 0.15) is 12.0 Å². The van der Waals surface area contributed by atoms with Crippen molar-refractivity contribution in [3.8, 4) is 6.07 Å². The standard InChI is InChI=1S/C31H29N7O2/c1-19-9-14-25(36-30(39)24-12-10-22(16-32)11-13-24)15-27(19)37-29-28-20(2)26(17-38(28)34-18-33-29)31(40)35-21(3)23-7-5-4-6-8-23/h4-15,18,21,26H,17H2,1-3H3,(H,35,40)(H,36,39)(H,33,34,37)/t21-,26?/m0/s1. The highest BCUT2D eigenvalue weighted by atomic mass is 16.2. The Morgan fingerprint density at radius 2 is 1.80 bits per heavy atom. The van der Waals surface area contributed by atoms with Crippen LogP contribution in [0.2, 0.25) is 0 Å². The van der Waals surface area contributed by atoms with Crippen molar-refractivity contribution in [1.29, 1.82) is 5.26 Å². The maximum atomic E-state index is 13.3. The highest BCUT2D eigenvalue weighted by Gasteiger charge is 2.37. The van der Waals surface area contributed by atoms with Gasteiger partial charge in [-0.25, -0.2) is 4.99 Å². The molecule has 40 heavy (non-hydrogen) atoms. The Hall–Kier alpha value is -5.23. The molecule has 0 saturated carbocycles. The van der Waals surface area contributed by atoms with E-state index in [1.165, 1.54) is 6.34 Å². The molecule has 2 atom stereocenters. The third kappa shape index (κ3) is 5.47. The van der Waals surface area contributed by atoms with E-state index in [2.05, 4.69) is 26.0 Å². The van der Waals surface area contributed by atoms with Crippen molar-refractivity contribution in [1.82, 2.24) is 10.3 Å². The summed E-state index contributed by atoms with van der Waals surface area (Å²) in [7, 11) is 0. The van der Waals surface area contributed by atoms with Crippen LogP contribution < -0.4 is 16.0 Å². The highest BCUT2D eigenvalue weighted by Crippen LogP contribution is 2.33. The minimum Gasteiger partial charge on any atom is -0.349 e. The molecule has 0 spiro atoms. The molecule has 0 aromatic heterocycles. The molecule has 2 heterocycles. The van der Waals surface area contributed by atoms with Crippen LogP contribution in [-0.2, 0) is 4.79 Å². The van der Waals surface area contributed by atoms with Gasteiger partial charge in [-0.1, -0.05) is 36.4 Å². The van der Waals surface area contributed by atoms with Crippen molar-refractivity contribution in [2.45, 2.75) is 26.8 Å². The minimum absolute atomic E-state index is 0.0611. The molecule has 3 N–H and O–H groups in total. The largest absolute Gasteiger partial charge is 0.349 e. The Labute approximate surface area is 232 Å². The summed E-state index contributed by atoms with van der Waals surface area (Å²) in [6.45, 7) is 6.29. The number of amidine groups is 1. The number of aryl methyl sites for hydroxylation is 1. The van der Waals surface area contributed by atoms with E-state index in [4.69, 9.17) is 5.26 Å². The second-order valence-electron chi connectivity index (χ2n) is 9.81. The fraction of sp³-hybridized carbons (Fsp3) is 0.194. The van der Waals surface area contributed by atoms with Crippen LogP contribution in [0.25, 0.3) is 0 Å². The van der Waals surface area contributed by atoms with Crippen LogP contribution in [0.4, 0.5) is 11.4 Å². The Morgan fingerprint density at radius 1 is 1.05 bits per heavy atom. The van der Waals surface area contributed by atoms with Crippen molar-refractivity contribution in [3.63, 3.8) is 0 Å². The third-order valence-corrected chi connectivity index (χ3v) is 7.11. The summed E-state index contributed by atoms with van der Waals surface area (Å²) < 4.78 is 0. The molecule has 5 rings (SSSR count). The molecule has 0 radical (unpaired) electrons. The Kier molecular flexibility index (Phi) is 7.42. The van der Waals surface area contributed by atoms with Crippen molar-refractivity contribution in [2.24, 2.45) is 16.0 Å². The Bertz CT molecular complexity index is 1580. The molecule has 0 bridgehead atoms. The lowest BCUT2D eigenvalue weighted by Crippen LogP contribution is -2.35. The van der Waals surface area contributed by atoms with Crippen molar-refractivity contribution in [3.05, 3.63) is 106 Å². The molecule has 1 unspecified atom stereocenters. The molecule has 0 saturated heterocycles. The molecule has 0 aliphatic carbocycles. The van der Waals surface area contributed by atoms with Gasteiger partial charge < -0.3 is 16.0 Å². The second kappa shape index (κ2) is 11.3. The van der Waals surface area contributed by atoms with Crippen LogP contribution in [-0.4, -0.2) is 35.5 Å². The normalized spacial score (nSPS) is 16.5. The first kappa shape index (κ1) is 26.4. The van der Waals surface area contributed by atoms with Gasteiger partial charge in [-0.05, 0) is 73.9 Å². The Balaban J connectivity index is 1.32. The van der Waals surface area contributed by atoms with Gasteiger partial charge in [-0.3, -0.25) is 14.6 Å². The molecular weight excluding hydrogens is 502 g/mol. The molecule has 200 valence electrons. The molecule has 3 aromatic rings. The average Bonchev–Trinajstić information content (AvgIpc) is 3.32. The maximum absolute atomic E-state index is 13.3. The first-order valence-corrected chi connectivity index (χ1v) is 13.0. The lowest BCUT2D eigenvalue weighted by Gasteiger charge is -2.23. The zero-order valence-electron chi connectivity index (χ0n) is 22.5. The number of fused-ring (bicyclic) bond motifs is 1. The molecule has 9 heteroatoms. The van der Waals surface area contributed by atoms with Crippen molar-refractivity contribution in [2.75, 3.05) is 17.2 Å². The highest BCUT2D eigenvalue weighted by molar-refractivity contribution is 6.13. The van der Waals surface area contributed by atoms with Crippen molar-refractivity contribution >= 4 is 35.4 Å². The number of aliphatic imine (C=N–C) groups is 1. The number of rotatable bonds is 6. The Morgan fingerprint density at radius 3 is 2.52 bits per heavy atom. The van der Waals surface area contributed by atoms with Crippen LogP contribution >= 0.6 is 0 Å². The summed E-state index contributed by atoms with van der Waals surface area (Å²) >= 11 is 0. The first-order valence-electron chi connectivity index (χ1n) is 13.0. The van der Waals surface area contributed by atoms with E-state index in [9.17, 15) is 9.59 Å². The lowest BCUT2D eigenvalue weighted by molar-refractivity contribution is -0.124. The molecule has 2 aliphatic heterocycles. The van der Waals surface area contributed by atoms with E-state index < -0.39 is 0 Å². The van der Waals surface area contributed by atoms with Gasteiger partial charge in [0, 0.05) is 16.9 Å². The maximum Gasteiger partial charge on any atom is 0.255 e. The molecule has 2 aliphatic rings. The van der Waals surface area contributed by atoms with Crippen LogP contribution in [0, 0.1) is 24.2 Å². The van der Waals surface area contributed by atoms with Gasteiger partial charge in [-0.2, -0.15) is 10.4 Å². The van der Waals surface area contributed by atoms with E-state index in [-0.39, 0.29) is 23.8 Å². The predicted molar refractivity (Wildman–Crippen MR) is 156 cm³/mol. The fourth-order valence-electron chi connectivity index (χ4n) is 4.76. The molecular formula is C31H29N7O2. The van der Waals surface area contributed by atoms with E-state index in [1.807, 2.05) is 75.4 Å². The second-order valence-corrected chi connectivity index (χ2v) is 9.81. The lowest BCUT2D eigenvalue weighted by atomic mass is 10.00. The molecule has 0 fully saturated rings. The van der Waals surface area contributed by atoms with Gasteiger partial charge in [-0.15, -0.1) is 0 Å². The van der Waals surface area contributed by atoms with Gasteiger partial charge in [0.25, 0.3) is 5.91 Å². The van der Waals surface area contributed by atoms with Gasteiger partial charge >= 0.3 is 0 Å². The third-order valence-electron chi connectivity index (χ3n) is 7.11. The predicted octanol–water partition coefficient (Wildman–Crippen LogP) is 4.97. The SMILES string of the molecule is CC1=C2C(Nc3cc(NC(=O)c4ccc(C#N)cc4)ccc3C)=NC=NN2CC1C(=O)N[C@@H](C)c1ccccc1. The quantitative estimate of drug-likeness (QED) is 0.415. The number of hydrogen-bond acceptors (Lipinski definition) is 7. The number of anilines is 2. The van der Waals surface area contributed by atoms with Gasteiger partial charge in [0.05, 0.1) is 30.1 Å². The summed E-state index contributed by atoms with van der Waals surface area (Å²) in [6, 6.07) is 23.8. The molecule has 9 nitrogen and oxygen atoms in total. The van der Waals surface area contributed by atoms with E-state index in [0.717, 1.165) is 28.1 Å². The van der Waals surface area contributed by atoms with E-state index in [0.29, 0.717) is 29.2 Å². The first-order chi connectivity index (χ1) is 19.3. The van der Waals surface area contributed by atoms with Gasteiger partial charge in [0.15, 0.2) is 5.84 Å². The number of nitriles is 1. The topological polar surface area (TPSA) is 122 Å². The van der Waals surface area contributed by atoms with Crippen LogP contribution in [0.5, 0.6) is 0 Å². The zero-order valence-corrected chi connectivity index (χ0v) is 22.5. The summed E-state index contributed by atoms with van der Waals surface area (Å²) in [5.41, 5.74) is 5.95. The minimum atomic E-state index is -0.373. The smallest absolute Gasteiger partial charge is 0.255 e. The number of carbonyl (C=O) groups is 2. The number of amides is 2. The van der Waals surface area contributed by atoms with E-state index >= 15 is 0 Å². The summed E-state index contributed by atoms with van der Waals surface area (Å²) in [4.78, 5) is 30.5. The zero-order chi connectivity index (χ0) is 28.2. The fourth-order valence-corrected chi connectivity index (χ4v) is 4.76. The van der Waals surface area contributed by atoms with Crippen molar-refractivity contribution < 1.29 is 9.59 Å². The average molecular weight is 532 g/mol. The van der Waals surface area contributed by atoms with Crippen LogP contribution in [0.1, 0.15) is 46.9 Å². The number of nitrogens with zero attached hydrogens (tertiary/aromatic N) is 4. The summed E-state index contributed by atoms with van der Waals surface area (Å²) in [5.74, 6) is -0.130. The summed E-state index contributed by atoms with van der Waals surface area (Å²) in [5, 5.41) is 24.6. The number of nitrogens with one attached hydrogen (secondary N) is 3. The number of carbonyl (C=O) groups excluding carboxylic acids is 2. The molecule has 2 amide bonds. The number of benzene rings is 3. The number of hydrazone groups is 1. The van der Waals surface area contributed by atoms with Crippen LogP contribution in [0.3, 0.4) is 0 Å². The van der Waals surface area contributed by atoms with E-state index in [1.54, 1.807) is 29.3 Å². The van der Waals surface area contributed by atoms with Crippen LogP contribution in [0.15, 0.2) is 94.2 Å². The molecule has 3 aromatic carbocycles. The number of hydrogen-bond donors (Lipinski definition) is 3.